The second-order valence-electron chi connectivity index (χ2n) is 2.67. The van der Waals surface area contributed by atoms with Gasteiger partial charge in [-0.05, 0) is 6.92 Å². The van der Waals surface area contributed by atoms with Crippen molar-refractivity contribution in [1.29, 1.82) is 0 Å². The Bertz CT molecular complexity index is 88.9. The Hall–Kier alpha value is -0.120. The standard InChI is InChI=1S/C7H16O3/c1-4-10-5-7(8,9)6(2)3/h6,8-9H,4-5H2,1-3H3. The molecule has 0 spiro atoms. The molecule has 0 rings (SSSR count). The first-order valence-electron chi connectivity index (χ1n) is 3.53. The molecule has 10 heavy (non-hydrogen) atoms. The second-order valence-corrected chi connectivity index (χ2v) is 2.67. The molecule has 0 aromatic heterocycles. The molecule has 0 aliphatic rings. The minimum Gasteiger partial charge on any atom is -0.376 e. The maximum Gasteiger partial charge on any atom is 0.189 e. The summed E-state index contributed by atoms with van der Waals surface area (Å²) < 4.78 is 4.86. The summed E-state index contributed by atoms with van der Waals surface area (Å²) in [5.74, 6) is -1.87. The lowest BCUT2D eigenvalue weighted by Crippen LogP contribution is -2.39. The van der Waals surface area contributed by atoms with Gasteiger partial charge in [0.1, 0.15) is 6.61 Å². The predicted octanol–water partition coefficient (Wildman–Crippen LogP) is 0.360. The van der Waals surface area contributed by atoms with E-state index in [4.69, 9.17) is 14.9 Å². The van der Waals surface area contributed by atoms with Crippen LogP contribution in [0.2, 0.25) is 0 Å². The fourth-order valence-corrected chi connectivity index (χ4v) is 0.419. The van der Waals surface area contributed by atoms with E-state index in [0.29, 0.717) is 6.61 Å². The molecule has 2 N–H and O–H groups in total. The average Bonchev–Trinajstić information content (AvgIpc) is 1.84. The second kappa shape index (κ2) is 3.91. The van der Waals surface area contributed by atoms with Crippen molar-refractivity contribution in [2.24, 2.45) is 5.92 Å². The number of ether oxygens (including phenoxy) is 1. The van der Waals surface area contributed by atoms with Crippen molar-refractivity contribution in [3.05, 3.63) is 0 Å². The van der Waals surface area contributed by atoms with Gasteiger partial charge in [0.2, 0.25) is 0 Å². The molecule has 0 radical (unpaired) electrons. The maximum atomic E-state index is 9.15. The van der Waals surface area contributed by atoms with E-state index in [1.165, 1.54) is 0 Å². The van der Waals surface area contributed by atoms with Crippen LogP contribution >= 0.6 is 0 Å². The molecule has 0 aromatic carbocycles. The van der Waals surface area contributed by atoms with Gasteiger partial charge < -0.3 is 14.9 Å². The molecule has 0 aliphatic carbocycles. The summed E-state index contributed by atoms with van der Waals surface area (Å²) in [6.45, 7) is 5.78. The van der Waals surface area contributed by atoms with E-state index in [2.05, 4.69) is 0 Å². The molecular weight excluding hydrogens is 132 g/mol. The number of hydrogen-bond acceptors (Lipinski definition) is 3. The Morgan fingerprint density at radius 3 is 2.20 bits per heavy atom. The van der Waals surface area contributed by atoms with Gasteiger partial charge in [-0.25, -0.2) is 0 Å². The number of rotatable bonds is 4. The summed E-state index contributed by atoms with van der Waals surface area (Å²) in [5, 5.41) is 18.3. The predicted molar refractivity (Wildman–Crippen MR) is 38.5 cm³/mol. The SMILES string of the molecule is CCOCC(O)(O)C(C)C. The van der Waals surface area contributed by atoms with Crippen LogP contribution in [0.25, 0.3) is 0 Å². The molecule has 0 unspecified atom stereocenters. The van der Waals surface area contributed by atoms with Gasteiger partial charge >= 0.3 is 0 Å². The fourth-order valence-electron chi connectivity index (χ4n) is 0.419. The molecule has 0 aromatic rings. The molecule has 0 aliphatic heterocycles. The van der Waals surface area contributed by atoms with E-state index in [1.54, 1.807) is 13.8 Å². The van der Waals surface area contributed by atoms with E-state index >= 15 is 0 Å². The van der Waals surface area contributed by atoms with Crippen LogP contribution in [0.3, 0.4) is 0 Å². The molecule has 3 nitrogen and oxygen atoms in total. The molecule has 0 heterocycles. The Balaban J connectivity index is 3.63. The lowest BCUT2D eigenvalue weighted by molar-refractivity contribution is -0.223. The van der Waals surface area contributed by atoms with Crippen LogP contribution in [0.15, 0.2) is 0 Å². The largest absolute Gasteiger partial charge is 0.376 e. The van der Waals surface area contributed by atoms with E-state index < -0.39 is 5.79 Å². The normalized spacial score (nSPS) is 12.6. The van der Waals surface area contributed by atoms with E-state index in [1.807, 2.05) is 6.92 Å². The Labute approximate surface area is 61.6 Å². The highest BCUT2D eigenvalue weighted by molar-refractivity contribution is 4.66. The highest BCUT2D eigenvalue weighted by atomic mass is 16.6. The van der Waals surface area contributed by atoms with Crippen LogP contribution in [0.1, 0.15) is 20.8 Å². The smallest absolute Gasteiger partial charge is 0.189 e. The first-order chi connectivity index (χ1) is 4.50. The lowest BCUT2D eigenvalue weighted by atomic mass is 10.1. The van der Waals surface area contributed by atoms with Gasteiger partial charge in [-0.3, -0.25) is 0 Å². The Morgan fingerprint density at radius 2 is 1.90 bits per heavy atom. The maximum absolute atomic E-state index is 9.15. The summed E-state index contributed by atoms with van der Waals surface area (Å²) >= 11 is 0. The van der Waals surface area contributed by atoms with Gasteiger partial charge in [0.25, 0.3) is 0 Å². The van der Waals surface area contributed by atoms with Gasteiger partial charge in [-0.2, -0.15) is 0 Å². The number of aliphatic hydroxyl groups is 2. The third-order valence-electron chi connectivity index (χ3n) is 1.44. The van der Waals surface area contributed by atoms with Crippen LogP contribution in [-0.4, -0.2) is 29.2 Å². The zero-order chi connectivity index (χ0) is 8.20. The van der Waals surface area contributed by atoms with E-state index in [9.17, 15) is 0 Å². The van der Waals surface area contributed by atoms with Crippen LogP contribution in [0, 0.1) is 5.92 Å². The molecular formula is C7H16O3. The van der Waals surface area contributed by atoms with E-state index in [0.717, 1.165) is 0 Å². The molecule has 62 valence electrons. The molecule has 0 fully saturated rings. The summed E-state index contributed by atoms with van der Waals surface area (Å²) in [7, 11) is 0. The quantitative estimate of drug-likeness (QED) is 0.566. The first-order valence-corrected chi connectivity index (χ1v) is 3.53. The van der Waals surface area contributed by atoms with Crippen molar-refractivity contribution in [1.82, 2.24) is 0 Å². The number of hydrogen-bond donors (Lipinski definition) is 2. The van der Waals surface area contributed by atoms with Crippen molar-refractivity contribution in [2.45, 2.75) is 26.6 Å². The molecule has 3 heteroatoms. The van der Waals surface area contributed by atoms with Crippen LogP contribution in [0.4, 0.5) is 0 Å². The lowest BCUT2D eigenvalue weighted by Gasteiger charge is -2.25. The Kier molecular flexibility index (Phi) is 3.86. The molecule has 0 saturated carbocycles. The fraction of sp³-hybridized carbons (Fsp3) is 1.00. The van der Waals surface area contributed by atoms with Gasteiger partial charge in [0.15, 0.2) is 5.79 Å². The average molecular weight is 148 g/mol. The zero-order valence-corrected chi connectivity index (χ0v) is 6.79. The van der Waals surface area contributed by atoms with E-state index in [-0.39, 0.29) is 12.5 Å². The first kappa shape index (κ1) is 9.88. The molecule has 0 amide bonds. The summed E-state index contributed by atoms with van der Waals surface area (Å²) in [6, 6.07) is 0. The van der Waals surface area contributed by atoms with Crippen molar-refractivity contribution >= 4 is 0 Å². The van der Waals surface area contributed by atoms with Crippen LogP contribution < -0.4 is 0 Å². The summed E-state index contributed by atoms with van der Waals surface area (Å²) in [4.78, 5) is 0. The topological polar surface area (TPSA) is 49.7 Å². The van der Waals surface area contributed by atoms with Crippen molar-refractivity contribution in [3.8, 4) is 0 Å². The van der Waals surface area contributed by atoms with Gasteiger partial charge in [-0.1, -0.05) is 13.8 Å². The summed E-state index contributed by atoms with van der Waals surface area (Å²) in [6.07, 6.45) is 0. The third-order valence-corrected chi connectivity index (χ3v) is 1.44. The monoisotopic (exact) mass is 148 g/mol. The molecule has 0 bridgehead atoms. The molecule has 0 atom stereocenters. The Morgan fingerprint density at radius 1 is 1.40 bits per heavy atom. The van der Waals surface area contributed by atoms with Gasteiger partial charge in [0.05, 0.1) is 0 Å². The molecule has 0 saturated heterocycles. The summed E-state index contributed by atoms with van der Waals surface area (Å²) in [5.41, 5.74) is 0. The third kappa shape index (κ3) is 3.15. The van der Waals surface area contributed by atoms with Gasteiger partial charge in [-0.15, -0.1) is 0 Å². The van der Waals surface area contributed by atoms with Crippen LogP contribution in [-0.2, 0) is 4.74 Å². The van der Waals surface area contributed by atoms with Crippen molar-refractivity contribution < 1.29 is 14.9 Å². The highest BCUT2D eigenvalue weighted by Gasteiger charge is 2.27. The van der Waals surface area contributed by atoms with Crippen molar-refractivity contribution in [2.75, 3.05) is 13.2 Å². The highest BCUT2D eigenvalue weighted by Crippen LogP contribution is 2.12. The minimum absolute atomic E-state index is 0.0127. The zero-order valence-electron chi connectivity index (χ0n) is 6.79. The minimum atomic E-state index is -1.67. The van der Waals surface area contributed by atoms with Crippen LogP contribution in [0.5, 0.6) is 0 Å². The van der Waals surface area contributed by atoms with Gasteiger partial charge in [0, 0.05) is 12.5 Å². The van der Waals surface area contributed by atoms with Crippen molar-refractivity contribution in [3.63, 3.8) is 0 Å².